The minimum Gasteiger partial charge on any atom is -0.476 e. The average Bonchev–Trinajstić information content (AvgIpc) is 2.72. The maximum absolute atomic E-state index is 12.5. The van der Waals surface area contributed by atoms with E-state index < -0.39 is 11.7 Å². The number of aliphatic imine (C=N–C) groups is 1. The SMILES string of the molecule is CN=C(NCCCOCC1CCOCC1)NCCOc1ccc(C(F)(F)F)cn1.I. The summed E-state index contributed by atoms with van der Waals surface area (Å²) in [6.07, 6.45) is -0.651. The summed E-state index contributed by atoms with van der Waals surface area (Å²) >= 11 is 0. The van der Waals surface area contributed by atoms with Crippen molar-refractivity contribution in [2.24, 2.45) is 10.9 Å². The van der Waals surface area contributed by atoms with Crippen molar-refractivity contribution >= 4 is 29.9 Å². The molecule has 1 aromatic rings. The third-order valence-electron chi connectivity index (χ3n) is 4.38. The van der Waals surface area contributed by atoms with Gasteiger partial charge in [-0.1, -0.05) is 0 Å². The molecular weight excluding hydrogens is 516 g/mol. The van der Waals surface area contributed by atoms with E-state index in [4.69, 9.17) is 14.2 Å². The quantitative estimate of drug-likeness (QED) is 0.204. The van der Waals surface area contributed by atoms with Crippen molar-refractivity contribution in [3.8, 4) is 5.88 Å². The molecule has 1 fully saturated rings. The van der Waals surface area contributed by atoms with Crippen molar-refractivity contribution in [3.05, 3.63) is 23.9 Å². The molecule has 0 spiro atoms. The van der Waals surface area contributed by atoms with Crippen molar-refractivity contribution in [2.45, 2.75) is 25.4 Å². The van der Waals surface area contributed by atoms with Crippen molar-refractivity contribution in [3.63, 3.8) is 0 Å². The van der Waals surface area contributed by atoms with E-state index in [-0.39, 0.29) is 36.5 Å². The fourth-order valence-electron chi connectivity index (χ4n) is 2.72. The Hall–Kier alpha value is -1.34. The highest BCUT2D eigenvalue weighted by atomic mass is 127. The van der Waals surface area contributed by atoms with Crippen LogP contribution in [-0.4, -0.2) is 64.1 Å². The number of alkyl halides is 3. The second kappa shape index (κ2) is 14.6. The molecule has 1 aromatic heterocycles. The molecule has 11 heteroatoms. The molecule has 1 aliphatic rings. The van der Waals surface area contributed by atoms with Gasteiger partial charge in [0, 0.05) is 52.3 Å². The highest BCUT2D eigenvalue weighted by molar-refractivity contribution is 14.0. The van der Waals surface area contributed by atoms with Crippen LogP contribution in [0.3, 0.4) is 0 Å². The van der Waals surface area contributed by atoms with Crippen LogP contribution in [0.25, 0.3) is 0 Å². The number of halogens is 4. The normalized spacial score (nSPS) is 15.4. The fraction of sp³-hybridized carbons (Fsp3) is 0.684. The summed E-state index contributed by atoms with van der Waals surface area (Å²) in [6.45, 7) is 4.52. The molecule has 172 valence electrons. The summed E-state index contributed by atoms with van der Waals surface area (Å²) < 4.78 is 53.8. The van der Waals surface area contributed by atoms with E-state index in [0.717, 1.165) is 57.9 Å². The summed E-state index contributed by atoms with van der Waals surface area (Å²) in [6, 6.07) is 2.15. The molecule has 0 aromatic carbocycles. The van der Waals surface area contributed by atoms with Crippen LogP contribution in [0.4, 0.5) is 13.2 Å². The number of hydrogen-bond donors (Lipinski definition) is 2. The van der Waals surface area contributed by atoms with Gasteiger partial charge in [0.05, 0.1) is 12.1 Å². The molecule has 0 amide bonds. The van der Waals surface area contributed by atoms with Gasteiger partial charge in [-0.3, -0.25) is 4.99 Å². The molecule has 0 unspecified atom stereocenters. The number of nitrogens with one attached hydrogen (secondary N) is 2. The lowest BCUT2D eigenvalue weighted by Gasteiger charge is -2.21. The highest BCUT2D eigenvalue weighted by Crippen LogP contribution is 2.29. The zero-order chi connectivity index (χ0) is 21.0. The van der Waals surface area contributed by atoms with E-state index in [2.05, 4.69) is 20.6 Å². The number of aromatic nitrogens is 1. The monoisotopic (exact) mass is 546 g/mol. The molecule has 30 heavy (non-hydrogen) atoms. The van der Waals surface area contributed by atoms with E-state index in [1.165, 1.54) is 6.07 Å². The molecule has 1 saturated heterocycles. The summed E-state index contributed by atoms with van der Waals surface area (Å²) in [5.41, 5.74) is -0.802. The Labute approximate surface area is 192 Å². The van der Waals surface area contributed by atoms with Crippen LogP contribution in [0.1, 0.15) is 24.8 Å². The molecule has 0 saturated carbocycles. The van der Waals surface area contributed by atoms with Crippen LogP contribution in [-0.2, 0) is 15.7 Å². The zero-order valence-electron chi connectivity index (χ0n) is 17.0. The summed E-state index contributed by atoms with van der Waals surface area (Å²) in [5.74, 6) is 1.37. The topological polar surface area (TPSA) is 77.0 Å². The van der Waals surface area contributed by atoms with Gasteiger partial charge < -0.3 is 24.8 Å². The van der Waals surface area contributed by atoms with E-state index in [0.29, 0.717) is 25.0 Å². The fourth-order valence-corrected chi connectivity index (χ4v) is 2.72. The Morgan fingerprint density at radius 3 is 2.57 bits per heavy atom. The predicted octanol–water partition coefficient (Wildman–Crippen LogP) is 3.10. The number of ether oxygens (including phenoxy) is 3. The van der Waals surface area contributed by atoms with Gasteiger partial charge in [-0.15, -0.1) is 24.0 Å². The largest absolute Gasteiger partial charge is 0.476 e. The number of pyridine rings is 1. The van der Waals surface area contributed by atoms with Crippen LogP contribution in [0.15, 0.2) is 23.3 Å². The lowest BCUT2D eigenvalue weighted by molar-refractivity contribution is -0.137. The first-order chi connectivity index (χ1) is 14.0. The van der Waals surface area contributed by atoms with Crippen LogP contribution in [0.5, 0.6) is 5.88 Å². The van der Waals surface area contributed by atoms with Crippen LogP contribution < -0.4 is 15.4 Å². The lowest BCUT2D eigenvalue weighted by atomic mass is 10.0. The number of hydrogen-bond acceptors (Lipinski definition) is 5. The van der Waals surface area contributed by atoms with Gasteiger partial charge >= 0.3 is 6.18 Å². The van der Waals surface area contributed by atoms with Gasteiger partial charge in [0.25, 0.3) is 0 Å². The zero-order valence-corrected chi connectivity index (χ0v) is 19.4. The Kier molecular flexibility index (Phi) is 13.0. The van der Waals surface area contributed by atoms with Crippen molar-refractivity contribution in [2.75, 3.05) is 53.2 Å². The summed E-state index contributed by atoms with van der Waals surface area (Å²) in [4.78, 5) is 7.76. The standard InChI is InChI=1S/C19H29F3N4O3.HI/c1-23-18(24-7-2-9-28-14-15-5-10-27-11-6-15)25-8-12-29-17-4-3-16(13-26-17)19(20,21)22;/h3-4,13,15H,2,5-12,14H2,1H3,(H2,23,24,25);1H. The first kappa shape index (κ1) is 26.7. The smallest absolute Gasteiger partial charge is 0.417 e. The maximum Gasteiger partial charge on any atom is 0.417 e. The maximum atomic E-state index is 12.5. The van der Waals surface area contributed by atoms with Crippen LogP contribution in [0, 0.1) is 5.92 Å². The molecule has 0 radical (unpaired) electrons. The first-order valence-electron chi connectivity index (χ1n) is 9.75. The highest BCUT2D eigenvalue weighted by Gasteiger charge is 2.30. The minimum atomic E-state index is -4.40. The second-order valence-electron chi connectivity index (χ2n) is 6.64. The lowest BCUT2D eigenvalue weighted by Crippen LogP contribution is -2.40. The van der Waals surface area contributed by atoms with Crippen LogP contribution >= 0.6 is 24.0 Å². The van der Waals surface area contributed by atoms with Gasteiger partial charge in [0.2, 0.25) is 5.88 Å². The molecule has 2 rings (SSSR count). The predicted molar refractivity (Wildman–Crippen MR) is 118 cm³/mol. The van der Waals surface area contributed by atoms with Crippen molar-refractivity contribution in [1.82, 2.24) is 15.6 Å². The van der Waals surface area contributed by atoms with E-state index in [9.17, 15) is 13.2 Å². The Morgan fingerprint density at radius 2 is 1.93 bits per heavy atom. The minimum absolute atomic E-state index is 0. The van der Waals surface area contributed by atoms with Crippen molar-refractivity contribution in [1.29, 1.82) is 0 Å². The Morgan fingerprint density at radius 1 is 1.20 bits per heavy atom. The molecule has 7 nitrogen and oxygen atoms in total. The van der Waals surface area contributed by atoms with E-state index in [1.807, 2.05) is 0 Å². The summed E-state index contributed by atoms with van der Waals surface area (Å²) in [5, 5.41) is 6.24. The van der Waals surface area contributed by atoms with Gasteiger partial charge in [-0.05, 0) is 31.2 Å². The van der Waals surface area contributed by atoms with Gasteiger partial charge in [0.15, 0.2) is 5.96 Å². The first-order valence-corrected chi connectivity index (χ1v) is 9.75. The van der Waals surface area contributed by atoms with E-state index >= 15 is 0 Å². The number of rotatable bonds is 10. The van der Waals surface area contributed by atoms with Gasteiger partial charge in [0.1, 0.15) is 6.61 Å². The van der Waals surface area contributed by atoms with Crippen molar-refractivity contribution < 1.29 is 27.4 Å². The third kappa shape index (κ3) is 10.6. The van der Waals surface area contributed by atoms with Gasteiger partial charge in [-0.25, -0.2) is 4.98 Å². The van der Waals surface area contributed by atoms with E-state index in [1.54, 1.807) is 7.05 Å². The number of nitrogens with zero attached hydrogens (tertiary/aromatic N) is 2. The molecule has 2 heterocycles. The molecule has 1 aliphatic heterocycles. The second-order valence-corrected chi connectivity index (χ2v) is 6.64. The molecule has 0 atom stereocenters. The van der Waals surface area contributed by atoms with Crippen LogP contribution in [0.2, 0.25) is 0 Å². The number of guanidine groups is 1. The summed E-state index contributed by atoms with van der Waals surface area (Å²) in [7, 11) is 1.66. The third-order valence-corrected chi connectivity index (χ3v) is 4.38. The Bertz CT molecular complexity index is 612. The molecule has 2 N–H and O–H groups in total. The molecule has 0 bridgehead atoms. The molecule has 0 aliphatic carbocycles. The Balaban J connectivity index is 0.00000450. The van der Waals surface area contributed by atoms with Gasteiger partial charge in [-0.2, -0.15) is 13.2 Å². The molecular formula is C19H30F3IN4O3. The average molecular weight is 546 g/mol.